The van der Waals surface area contributed by atoms with Crippen LogP contribution in [0.3, 0.4) is 0 Å². The van der Waals surface area contributed by atoms with E-state index in [4.69, 9.17) is 10.2 Å². The van der Waals surface area contributed by atoms with Gasteiger partial charge in [-0.3, -0.25) is 14.6 Å². The van der Waals surface area contributed by atoms with E-state index in [1.807, 2.05) is 0 Å². The number of hydrogen-bond donors (Lipinski definition) is 3. The predicted molar refractivity (Wildman–Crippen MR) is 83.6 cm³/mol. The summed E-state index contributed by atoms with van der Waals surface area (Å²) in [6, 6.07) is 2.74. The van der Waals surface area contributed by atoms with E-state index in [1.54, 1.807) is 0 Å². The van der Waals surface area contributed by atoms with E-state index in [-0.39, 0.29) is 42.0 Å². The monoisotopic (exact) mass is 324 g/mol. The highest BCUT2D eigenvalue weighted by Crippen LogP contribution is 2.06. The van der Waals surface area contributed by atoms with Crippen LogP contribution in [0.5, 0.6) is 0 Å². The Morgan fingerprint density at radius 1 is 1.17 bits per heavy atom. The molecular weight excluding hydrogens is 302 g/mol. The van der Waals surface area contributed by atoms with E-state index in [2.05, 4.69) is 10.3 Å². The highest BCUT2D eigenvalue weighted by Gasteiger charge is 2.13. The number of aliphatic hydroxyl groups is 2. The predicted octanol–water partition coefficient (Wildman–Crippen LogP) is 0.296. The lowest BCUT2D eigenvalue weighted by molar-refractivity contribution is 0.0812. The first kappa shape index (κ1) is 19.0. The Balaban J connectivity index is 2.61. The summed E-state index contributed by atoms with van der Waals surface area (Å²) in [7, 11) is 0. The number of rotatable bonds is 10. The molecule has 2 amide bonds. The zero-order chi connectivity index (χ0) is 17.1. The van der Waals surface area contributed by atoms with Gasteiger partial charge in [0.05, 0.1) is 0 Å². The highest BCUT2D eigenvalue weighted by molar-refractivity contribution is 5.98. The lowest BCUT2D eigenvalue weighted by Crippen LogP contribution is -2.28. The maximum Gasteiger partial charge on any atom is 0.261 e. The topological polar surface area (TPSA) is 126 Å². The summed E-state index contributed by atoms with van der Waals surface area (Å²) in [5.41, 5.74) is 0.156. The summed E-state index contributed by atoms with van der Waals surface area (Å²) in [6.45, 7) is 0.421. The molecule has 0 spiro atoms. The smallest absolute Gasteiger partial charge is 0.261 e. The summed E-state index contributed by atoms with van der Waals surface area (Å²) in [5.74, 6) is -1.17. The second kappa shape index (κ2) is 10.7. The summed E-state index contributed by atoms with van der Waals surface area (Å²) >= 11 is 0. The van der Waals surface area contributed by atoms with Gasteiger partial charge in [0, 0.05) is 38.1 Å². The van der Waals surface area contributed by atoms with Gasteiger partial charge in [-0.25, -0.2) is 0 Å². The first-order chi connectivity index (χ1) is 11.1. The van der Waals surface area contributed by atoms with Crippen molar-refractivity contribution in [3.05, 3.63) is 34.8 Å². The van der Waals surface area contributed by atoms with Crippen molar-refractivity contribution < 1.29 is 19.8 Å². The highest BCUT2D eigenvalue weighted by atomic mass is 16.5. The van der Waals surface area contributed by atoms with Gasteiger partial charge in [0.1, 0.15) is 5.69 Å². The minimum atomic E-state index is -0.808. The van der Waals surface area contributed by atoms with Crippen molar-refractivity contribution in [2.24, 2.45) is 0 Å². The third-order valence-corrected chi connectivity index (χ3v) is 3.11. The van der Waals surface area contributed by atoms with E-state index in [1.165, 1.54) is 18.3 Å². The number of unbranched alkanes of at least 4 members (excludes halogenated alkanes) is 2. The molecule has 1 heterocycles. The molecule has 0 saturated carbocycles. The summed E-state index contributed by atoms with van der Waals surface area (Å²) in [6.07, 6.45) is 3.39. The Bertz CT molecular complexity index is 510. The third kappa shape index (κ3) is 6.72. The summed E-state index contributed by atoms with van der Waals surface area (Å²) in [4.78, 5) is 27.7. The third-order valence-electron chi connectivity index (χ3n) is 3.11. The SMILES string of the molecule is O=C(NCCCCO)c1ccnc(C(=O)N([O-])CCCCO)c1. The van der Waals surface area contributed by atoms with Crippen LogP contribution in [-0.4, -0.2) is 58.4 Å². The fourth-order valence-electron chi connectivity index (χ4n) is 1.83. The van der Waals surface area contributed by atoms with Gasteiger partial charge >= 0.3 is 0 Å². The molecule has 0 aliphatic rings. The zero-order valence-electron chi connectivity index (χ0n) is 12.9. The van der Waals surface area contributed by atoms with Gasteiger partial charge in [-0.05, 0) is 37.8 Å². The van der Waals surface area contributed by atoms with Crippen LogP contribution in [0.2, 0.25) is 0 Å². The Hall–Kier alpha value is -2.03. The normalized spacial score (nSPS) is 10.4. The fraction of sp³-hybridized carbons (Fsp3) is 0.533. The average molecular weight is 324 g/mol. The van der Waals surface area contributed by atoms with Gasteiger partial charge in [0.15, 0.2) is 0 Å². The maximum absolute atomic E-state index is 11.9. The lowest BCUT2D eigenvalue weighted by atomic mass is 10.2. The van der Waals surface area contributed by atoms with Crippen LogP contribution in [-0.2, 0) is 0 Å². The van der Waals surface area contributed by atoms with Crippen molar-refractivity contribution >= 4 is 11.8 Å². The molecule has 1 aromatic heterocycles. The molecule has 8 heteroatoms. The maximum atomic E-state index is 11.9. The summed E-state index contributed by atoms with van der Waals surface area (Å²) < 4.78 is 0. The molecule has 3 N–H and O–H groups in total. The van der Waals surface area contributed by atoms with Crippen LogP contribution in [0.4, 0.5) is 0 Å². The van der Waals surface area contributed by atoms with Gasteiger partial charge in [0.25, 0.3) is 11.8 Å². The second-order valence-electron chi connectivity index (χ2n) is 4.95. The molecule has 1 rings (SSSR count). The minimum absolute atomic E-state index is 0.0291. The Morgan fingerprint density at radius 2 is 1.87 bits per heavy atom. The Labute approximate surface area is 134 Å². The number of aliphatic hydroxyl groups excluding tert-OH is 2. The van der Waals surface area contributed by atoms with Crippen molar-refractivity contribution in [2.45, 2.75) is 25.7 Å². The van der Waals surface area contributed by atoms with Crippen molar-refractivity contribution in [1.29, 1.82) is 0 Å². The van der Waals surface area contributed by atoms with E-state index < -0.39 is 5.91 Å². The number of hydroxylamine groups is 2. The van der Waals surface area contributed by atoms with Gasteiger partial charge < -0.3 is 25.8 Å². The molecule has 23 heavy (non-hydrogen) atoms. The van der Waals surface area contributed by atoms with Crippen LogP contribution in [0, 0.1) is 5.21 Å². The van der Waals surface area contributed by atoms with Gasteiger partial charge in [-0.1, -0.05) is 0 Å². The summed E-state index contributed by atoms with van der Waals surface area (Å²) in [5, 5.41) is 31.9. The van der Waals surface area contributed by atoms with Gasteiger partial charge in [-0.15, -0.1) is 0 Å². The van der Waals surface area contributed by atoms with E-state index in [9.17, 15) is 14.8 Å². The van der Waals surface area contributed by atoms with Crippen molar-refractivity contribution in [3.63, 3.8) is 0 Å². The first-order valence-electron chi connectivity index (χ1n) is 7.55. The quantitative estimate of drug-likeness (QED) is 0.420. The number of nitrogens with one attached hydrogen (secondary N) is 1. The van der Waals surface area contributed by atoms with Crippen LogP contribution in [0.15, 0.2) is 18.3 Å². The van der Waals surface area contributed by atoms with Crippen LogP contribution >= 0.6 is 0 Å². The number of nitrogens with zero attached hydrogens (tertiary/aromatic N) is 2. The van der Waals surface area contributed by atoms with E-state index in [0.29, 0.717) is 32.2 Å². The molecule has 0 aliphatic carbocycles. The largest absolute Gasteiger partial charge is 0.756 e. The number of pyridine rings is 1. The molecule has 0 saturated heterocycles. The minimum Gasteiger partial charge on any atom is -0.756 e. The molecule has 1 aromatic rings. The number of carbonyl (C=O) groups excluding carboxylic acids is 2. The number of carbonyl (C=O) groups is 2. The number of hydrogen-bond acceptors (Lipinski definition) is 6. The molecule has 0 aliphatic heterocycles. The molecule has 0 radical (unpaired) electrons. The van der Waals surface area contributed by atoms with Crippen LogP contribution in [0.25, 0.3) is 0 Å². The fourth-order valence-corrected chi connectivity index (χ4v) is 1.83. The zero-order valence-corrected chi connectivity index (χ0v) is 12.9. The van der Waals surface area contributed by atoms with Gasteiger partial charge in [-0.2, -0.15) is 0 Å². The molecule has 0 fully saturated rings. The standard InChI is InChI=1S/C15H22N3O5/c19-9-3-1-6-17-14(21)12-5-7-16-13(11-12)15(22)18(23)8-2-4-10-20/h5,7,11,19-20H,1-4,6,8-10H2,(H,17,21)/q-1. The van der Waals surface area contributed by atoms with E-state index in [0.717, 1.165) is 0 Å². The van der Waals surface area contributed by atoms with Crippen molar-refractivity contribution in [1.82, 2.24) is 15.4 Å². The van der Waals surface area contributed by atoms with Gasteiger partial charge in [0.2, 0.25) is 0 Å². The second-order valence-corrected chi connectivity index (χ2v) is 4.95. The van der Waals surface area contributed by atoms with E-state index >= 15 is 0 Å². The molecule has 0 atom stereocenters. The van der Waals surface area contributed by atoms with Crippen molar-refractivity contribution in [2.75, 3.05) is 26.3 Å². The molecule has 0 aromatic carbocycles. The van der Waals surface area contributed by atoms with Crippen LogP contribution in [0.1, 0.15) is 46.5 Å². The Kier molecular flexibility index (Phi) is 8.81. The molecule has 0 bridgehead atoms. The van der Waals surface area contributed by atoms with Crippen molar-refractivity contribution in [3.8, 4) is 0 Å². The molecule has 0 unspecified atom stereocenters. The average Bonchev–Trinajstić information content (AvgIpc) is 2.58. The molecule has 128 valence electrons. The first-order valence-corrected chi connectivity index (χ1v) is 7.55. The number of aromatic nitrogens is 1. The molecular formula is C15H22N3O5-. The molecule has 8 nitrogen and oxygen atoms in total. The van der Waals surface area contributed by atoms with Crippen LogP contribution < -0.4 is 5.32 Å². The number of amides is 2. The lowest BCUT2D eigenvalue weighted by Gasteiger charge is -2.27. The Morgan fingerprint density at radius 3 is 2.57 bits per heavy atom.